The van der Waals surface area contributed by atoms with Crippen molar-refractivity contribution in [2.75, 3.05) is 31.9 Å². The topological polar surface area (TPSA) is 21.7 Å². The molecule has 4 heteroatoms. The zero-order valence-corrected chi connectivity index (χ0v) is 19.8. The van der Waals surface area contributed by atoms with E-state index in [1.165, 1.54) is 46.7 Å². The smallest absolute Gasteiger partial charge is 0.188 e. The standard InChI is InChI=1S/C27H34NO2P/c1-21-11-14-26(24(17-21)28-15-7-4-8-16-28)31-27-19-23(12-13-25(27)30-20-29-2)18-22-9-5-3-6-10-22/h3,5-6,9,11-14,17,19,22,31H,4,7-8,10,15-16,18,20H2,1-2H3. The van der Waals surface area contributed by atoms with Crippen molar-refractivity contribution in [3.63, 3.8) is 0 Å². The van der Waals surface area contributed by atoms with E-state index in [0.717, 1.165) is 31.7 Å². The summed E-state index contributed by atoms with van der Waals surface area (Å²) in [6.07, 6.45) is 15.0. The molecule has 0 saturated carbocycles. The fourth-order valence-corrected chi connectivity index (χ4v) is 5.78. The summed E-state index contributed by atoms with van der Waals surface area (Å²) < 4.78 is 11.2. The summed E-state index contributed by atoms with van der Waals surface area (Å²) in [5, 5.41) is 2.68. The Morgan fingerprint density at radius 1 is 1.00 bits per heavy atom. The van der Waals surface area contributed by atoms with E-state index in [1.54, 1.807) is 7.11 Å². The molecule has 0 amide bonds. The van der Waals surface area contributed by atoms with E-state index in [4.69, 9.17) is 9.47 Å². The minimum absolute atomic E-state index is 0.278. The highest BCUT2D eigenvalue weighted by Gasteiger charge is 2.17. The van der Waals surface area contributed by atoms with Crippen LogP contribution in [0.3, 0.4) is 0 Å². The van der Waals surface area contributed by atoms with Gasteiger partial charge in [0.15, 0.2) is 6.79 Å². The molecule has 1 saturated heterocycles. The highest BCUT2D eigenvalue weighted by atomic mass is 31.1. The molecule has 1 aliphatic carbocycles. The average molecular weight is 436 g/mol. The minimum atomic E-state index is 0.278. The Kier molecular flexibility index (Phi) is 7.83. The van der Waals surface area contributed by atoms with E-state index in [-0.39, 0.29) is 6.79 Å². The number of rotatable bonds is 8. The molecule has 0 spiro atoms. The van der Waals surface area contributed by atoms with E-state index in [9.17, 15) is 0 Å². The van der Waals surface area contributed by atoms with Gasteiger partial charge in [0.25, 0.3) is 0 Å². The molecule has 1 fully saturated rings. The summed E-state index contributed by atoms with van der Waals surface area (Å²) in [4.78, 5) is 2.58. The summed E-state index contributed by atoms with van der Waals surface area (Å²) in [6.45, 7) is 4.80. The molecule has 164 valence electrons. The van der Waals surface area contributed by atoms with Crippen molar-refractivity contribution in [3.8, 4) is 5.75 Å². The highest BCUT2D eigenvalue weighted by molar-refractivity contribution is 7.56. The maximum Gasteiger partial charge on any atom is 0.188 e. The van der Waals surface area contributed by atoms with Crippen LogP contribution in [-0.2, 0) is 11.2 Å². The normalized spacial score (nSPS) is 18.8. The van der Waals surface area contributed by atoms with Gasteiger partial charge in [-0.25, -0.2) is 0 Å². The summed E-state index contributed by atoms with van der Waals surface area (Å²) in [5.74, 6) is 1.52. The van der Waals surface area contributed by atoms with Crippen LogP contribution in [0.4, 0.5) is 5.69 Å². The molecule has 1 aliphatic heterocycles. The van der Waals surface area contributed by atoms with Crippen molar-refractivity contribution in [1.82, 2.24) is 0 Å². The number of ether oxygens (including phenoxy) is 2. The molecule has 2 aromatic rings. The zero-order valence-electron chi connectivity index (χ0n) is 18.8. The van der Waals surface area contributed by atoms with E-state index >= 15 is 0 Å². The van der Waals surface area contributed by atoms with Crippen LogP contribution in [-0.4, -0.2) is 27.0 Å². The largest absolute Gasteiger partial charge is 0.467 e. The van der Waals surface area contributed by atoms with Crippen LogP contribution in [0.25, 0.3) is 0 Å². The van der Waals surface area contributed by atoms with Crippen LogP contribution in [0, 0.1) is 12.8 Å². The van der Waals surface area contributed by atoms with Gasteiger partial charge in [-0.3, -0.25) is 0 Å². The maximum atomic E-state index is 5.96. The number of anilines is 1. The average Bonchev–Trinajstić information content (AvgIpc) is 2.81. The number of hydrogen-bond donors (Lipinski definition) is 0. The van der Waals surface area contributed by atoms with E-state index < -0.39 is 0 Å². The minimum Gasteiger partial charge on any atom is -0.467 e. The van der Waals surface area contributed by atoms with Crippen LogP contribution in [0.5, 0.6) is 5.75 Å². The van der Waals surface area contributed by atoms with Gasteiger partial charge in [0.05, 0.1) is 0 Å². The Hall–Kier alpha value is -2.09. The molecule has 2 aromatic carbocycles. The number of hydrogen-bond acceptors (Lipinski definition) is 3. The van der Waals surface area contributed by atoms with Crippen LogP contribution in [0.2, 0.25) is 0 Å². The summed E-state index contributed by atoms with van der Waals surface area (Å²) in [6, 6.07) is 13.6. The molecule has 0 radical (unpaired) electrons. The van der Waals surface area contributed by atoms with E-state index in [1.807, 2.05) is 0 Å². The first-order valence-corrected chi connectivity index (χ1v) is 12.4. The van der Waals surface area contributed by atoms with E-state index in [0.29, 0.717) is 14.5 Å². The van der Waals surface area contributed by atoms with Gasteiger partial charge in [-0.05, 0) is 74.3 Å². The third kappa shape index (κ3) is 5.99. The van der Waals surface area contributed by atoms with Gasteiger partial charge in [-0.2, -0.15) is 0 Å². The van der Waals surface area contributed by atoms with Crippen LogP contribution in [0.15, 0.2) is 60.7 Å². The SMILES string of the molecule is COCOc1ccc(CC2C=CC=CC2)cc1Pc1ccc(C)cc1N1CCCCC1. The number of aryl methyl sites for hydroxylation is 1. The first kappa shape index (κ1) is 22.1. The quantitative estimate of drug-likeness (QED) is 0.416. The lowest BCUT2D eigenvalue weighted by molar-refractivity contribution is 0.0519. The van der Waals surface area contributed by atoms with Gasteiger partial charge in [0.1, 0.15) is 5.75 Å². The zero-order chi connectivity index (χ0) is 21.5. The van der Waals surface area contributed by atoms with E-state index in [2.05, 4.69) is 72.5 Å². The third-order valence-electron chi connectivity index (χ3n) is 6.06. The number of nitrogens with zero attached hydrogens (tertiary/aromatic N) is 1. The number of methoxy groups -OCH3 is 1. The monoisotopic (exact) mass is 435 g/mol. The van der Waals surface area contributed by atoms with Gasteiger partial charge in [-0.15, -0.1) is 0 Å². The third-order valence-corrected chi connectivity index (χ3v) is 7.41. The Labute approximate surface area is 188 Å². The molecule has 1 heterocycles. The van der Waals surface area contributed by atoms with Gasteiger partial charge < -0.3 is 14.4 Å². The molecular formula is C27H34NO2P. The number of allylic oxidation sites excluding steroid dienone is 4. The second-order valence-corrected chi connectivity index (χ2v) is 9.91. The molecule has 2 atom stereocenters. The van der Waals surface area contributed by atoms with Crippen LogP contribution in [0.1, 0.15) is 36.8 Å². The van der Waals surface area contributed by atoms with Gasteiger partial charge in [0, 0.05) is 36.5 Å². The number of benzene rings is 2. The molecule has 0 N–H and O–H groups in total. The maximum absolute atomic E-state index is 5.96. The van der Waals surface area contributed by atoms with Crippen molar-refractivity contribution >= 4 is 24.9 Å². The molecule has 2 unspecified atom stereocenters. The molecule has 0 aromatic heterocycles. The van der Waals surface area contributed by atoms with Gasteiger partial charge >= 0.3 is 0 Å². The Bertz CT molecular complexity index is 931. The first-order chi connectivity index (χ1) is 15.2. The lowest BCUT2D eigenvalue weighted by atomic mass is 9.93. The predicted molar refractivity (Wildman–Crippen MR) is 134 cm³/mol. The summed E-state index contributed by atoms with van der Waals surface area (Å²) in [7, 11) is 2.23. The highest BCUT2D eigenvalue weighted by Crippen LogP contribution is 2.29. The van der Waals surface area contributed by atoms with Crippen molar-refractivity contribution in [1.29, 1.82) is 0 Å². The molecular weight excluding hydrogens is 401 g/mol. The lowest BCUT2D eigenvalue weighted by Crippen LogP contribution is -2.32. The fraction of sp³-hybridized carbons (Fsp3) is 0.407. The second kappa shape index (κ2) is 11.0. The van der Waals surface area contributed by atoms with Crippen LogP contribution < -0.4 is 20.2 Å². The lowest BCUT2D eigenvalue weighted by Gasteiger charge is -2.31. The molecule has 31 heavy (non-hydrogen) atoms. The predicted octanol–water partition coefficient (Wildman–Crippen LogP) is 5.27. The number of piperidine rings is 1. The Balaban J connectivity index is 1.61. The molecule has 2 aliphatic rings. The molecule has 4 rings (SSSR count). The van der Waals surface area contributed by atoms with Crippen molar-refractivity contribution < 1.29 is 9.47 Å². The van der Waals surface area contributed by atoms with Gasteiger partial charge in [0.2, 0.25) is 0 Å². The fourth-order valence-electron chi connectivity index (χ4n) is 4.42. The Morgan fingerprint density at radius 3 is 2.65 bits per heavy atom. The molecule has 0 bridgehead atoms. The van der Waals surface area contributed by atoms with Crippen molar-refractivity contribution in [3.05, 3.63) is 71.8 Å². The molecule has 3 nitrogen and oxygen atoms in total. The van der Waals surface area contributed by atoms with Crippen molar-refractivity contribution in [2.24, 2.45) is 5.92 Å². The second-order valence-electron chi connectivity index (χ2n) is 8.59. The van der Waals surface area contributed by atoms with Gasteiger partial charge in [-0.1, -0.05) is 51.1 Å². The van der Waals surface area contributed by atoms with Crippen LogP contribution >= 0.6 is 8.58 Å². The summed E-state index contributed by atoms with van der Waals surface area (Å²) >= 11 is 0. The van der Waals surface area contributed by atoms with Crippen molar-refractivity contribution in [2.45, 2.75) is 39.0 Å². The first-order valence-electron chi connectivity index (χ1n) is 11.4. The Morgan fingerprint density at radius 2 is 1.87 bits per heavy atom. The summed E-state index contributed by atoms with van der Waals surface area (Å²) in [5.41, 5.74) is 4.11.